The van der Waals surface area contributed by atoms with Crippen LogP contribution in [0.15, 0.2) is 30.3 Å². The van der Waals surface area contributed by atoms with Gasteiger partial charge in [0, 0.05) is 18.2 Å². The molecule has 0 atom stereocenters. The van der Waals surface area contributed by atoms with Crippen LogP contribution in [0.2, 0.25) is 0 Å². The molecule has 0 bridgehead atoms. The number of para-hydroxylation sites is 1. The zero-order valence-corrected chi connectivity index (χ0v) is 12.0. The molecule has 1 heterocycles. The van der Waals surface area contributed by atoms with Gasteiger partial charge in [-0.3, -0.25) is 9.69 Å². The van der Waals surface area contributed by atoms with E-state index in [9.17, 15) is 9.59 Å². The van der Waals surface area contributed by atoms with Gasteiger partial charge in [0.25, 0.3) is 0 Å². The average Bonchev–Trinajstić information content (AvgIpc) is 2.50. The number of likely N-dealkylation sites (tertiary alicyclic amines) is 1. The fraction of sp³-hybridized carbons (Fsp3) is 0.500. The molecule has 0 aliphatic carbocycles. The van der Waals surface area contributed by atoms with Gasteiger partial charge in [-0.05, 0) is 45.0 Å². The maximum absolute atomic E-state index is 12.4. The topological polar surface area (TPSA) is 40.6 Å². The van der Waals surface area contributed by atoms with Crippen LogP contribution in [0.3, 0.4) is 0 Å². The summed E-state index contributed by atoms with van der Waals surface area (Å²) >= 11 is 0. The van der Waals surface area contributed by atoms with Gasteiger partial charge in [0.05, 0.1) is 6.54 Å². The lowest BCUT2D eigenvalue weighted by Crippen LogP contribution is -2.43. The second kappa shape index (κ2) is 7.20. The van der Waals surface area contributed by atoms with Crippen molar-refractivity contribution in [1.82, 2.24) is 4.90 Å². The van der Waals surface area contributed by atoms with E-state index in [2.05, 4.69) is 4.90 Å². The first-order valence-corrected chi connectivity index (χ1v) is 7.27. The number of aldehydes is 1. The lowest BCUT2D eigenvalue weighted by Gasteiger charge is -2.31. The molecule has 1 amide bonds. The molecule has 1 aromatic rings. The van der Waals surface area contributed by atoms with Crippen molar-refractivity contribution >= 4 is 17.9 Å². The van der Waals surface area contributed by atoms with Gasteiger partial charge in [-0.25, -0.2) is 0 Å². The molecule has 4 heteroatoms. The van der Waals surface area contributed by atoms with Gasteiger partial charge in [-0.15, -0.1) is 0 Å². The van der Waals surface area contributed by atoms with Crippen LogP contribution < -0.4 is 4.90 Å². The van der Waals surface area contributed by atoms with Gasteiger partial charge < -0.3 is 9.69 Å². The third-order valence-electron chi connectivity index (χ3n) is 3.87. The molecule has 0 aromatic heterocycles. The Morgan fingerprint density at radius 2 is 1.95 bits per heavy atom. The number of carbonyl (C=O) groups excluding carboxylic acids is 2. The number of piperidine rings is 1. The molecule has 108 valence electrons. The molecule has 1 saturated heterocycles. The van der Waals surface area contributed by atoms with E-state index in [4.69, 9.17) is 0 Å². The summed E-state index contributed by atoms with van der Waals surface area (Å²) in [4.78, 5) is 27.1. The SMILES string of the molecule is CCN(C(=O)CN1CCC(C=O)CC1)c1ccccc1. The molecule has 1 aliphatic rings. The Morgan fingerprint density at radius 1 is 1.30 bits per heavy atom. The minimum absolute atomic E-state index is 0.128. The van der Waals surface area contributed by atoms with Crippen molar-refractivity contribution in [1.29, 1.82) is 0 Å². The second-order valence-corrected chi connectivity index (χ2v) is 5.22. The number of nitrogens with zero attached hydrogens (tertiary/aromatic N) is 2. The summed E-state index contributed by atoms with van der Waals surface area (Å²) in [6.07, 6.45) is 2.78. The zero-order chi connectivity index (χ0) is 14.4. The molecule has 0 unspecified atom stereocenters. The predicted molar refractivity (Wildman–Crippen MR) is 79.7 cm³/mol. The van der Waals surface area contributed by atoms with Crippen LogP contribution in [0.1, 0.15) is 19.8 Å². The second-order valence-electron chi connectivity index (χ2n) is 5.22. The van der Waals surface area contributed by atoms with Crippen molar-refractivity contribution in [2.75, 3.05) is 31.1 Å². The first-order chi connectivity index (χ1) is 9.74. The highest BCUT2D eigenvalue weighted by Crippen LogP contribution is 2.17. The van der Waals surface area contributed by atoms with E-state index in [0.29, 0.717) is 13.1 Å². The van der Waals surface area contributed by atoms with E-state index in [1.807, 2.05) is 42.2 Å². The largest absolute Gasteiger partial charge is 0.312 e. The molecule has 1 aromatic carbocycles. The van der Waals surface area contributed by atoms with Crippen molar-refractivity contribution < 1.29 is 9.59 Å². The highest BCUT2D eigenvalue weighted by atomic mass is 16.2. The van der Waals surface area contributed by atoms with Crippen LogP contribution in [-0.4, -0.2) is 43.3 Å². The molecule has 1 aliphatic heterocycles. The van der Waals surface area contributed by atoms with Crippen molar-refractivity contribution in [3.8, 4) is 0 Å². The summed E-state index contributed by atoms with van der Waals surface area (Å²) < 4.78 is 0. The van der Waals surface area contributed by atoms with Crippen LogP contribution >= 0.6 is 0 Å². The van der Waals surface area contributed by atoms with E-state index in [1.165, 1.54) is 0 Å². The third-order valence-corrected chi connectivity index (χ3v) is 3.87. The van der Waals surface area contributed by atoms with Crippen molar-refractivity contribution in [3.05, 3.63) is 30.3 Å². The predicted octanol–water partition coefficient (Wildman–Crippen LogP) is 1.95. The molecule has 0 N–H and O–H groups in total. The Morgan fingerprint density at radius 3 is 2.50 bits per heavy atom. The normalized spacial score (nSPS) is 16.9. The number of benzene rings is 1. The number of likely N-dealkylation sites (N-methyl/N-ethyl adjacent to an activating group) is 1. The first kappa shape index (κ1) is 14.7. The highest BCUT2D eigenvalue weighted by Gasteiger charge is 2.22. The first-order valence-electron chi connectivity index (χ1n) is 7.27. The van der Waals surface area contributed by atoms with E-state index >= 15 is 0 Å². The Bertz CT molecular complexity index is 439. The van der Waals surface area contributed by atoms with Crippen LogP contribution in [0.4, 0.5) is 5.69 Å². The molecule has 20 heavy (non-hydrogen) atoms. The Balaban J connectivity index is 1.92. The van der Waals surface area contributed by atoms with Gasteiger partial charge in [-0.1, -0.05) is 18.2 Å². The lowest BCUT2D eigenvalue weighted by molar-refractivity contribution is -0.120. The van der Waals surface area contributed by atoms with E-state index < -0.39 is 0 Å². The van der Waals surface area contributed by atoms with Gasteiger partial charge in [-0.2, -0.15) is 0 Å². The molecule has 4 nitrogen and oxygen atoms in total. The van der Waals surface area contributed by atoms with Crippen LogP contribution in [0.5, 0.6) is 0 Å². The van der Waals surface area contributed by atoms with Crippen LogP contribution in [0.25, 0.3) is 0 Å². The van der Waals surface area contributed by atoms with Gasteiger partial charge in [0.15, 0.2) is 0 Å². The fourth-order valence-electron chi connectivity index (χ4n) is 2.63. The van der Waals surface area contributed by atoms with Crippen molar-refractivity contribution in [2.45, 2.75) is 19.8 Å². The Hall–Kier alpha value is -1.68. The lowest BCUT2D eigenvalue weighted by atomic mass is 9.99. The van der Waals surface area contributed by atoms with Crippen LogP contribution in [-0.2, 0) is 9.59 Å². The van der Waals surface area contributed by atoms with E-state index in [-0.39, 0.29) is 11.8 Å². The molecule has 0 saturated carbocycles. The van der Waals surface area contributed by atoms with E-state index in [1.54, 1.807) is 0 Å². The molecule has 0 radical (unpaired) electrons. The smallest absolute Gasteiger partial charge is 0.241 e. The number of carbonyl (C=O) groups is 2. The molecule has 1 fully saturated rings. The fourth-order valence-corrected chi connectivity index (χ4v) is 2.63. The van der Waals surface area contributed by atoms with Gasteiger partial charge in [0.1, 0.15) is 6.29 Å². The summed E-state index contributed by atoms with van der Waals surface area (Å²) in [5, 5.41) is 0. The maximum atomic E-state index is 12.4. The average molecular weight is 274 g/mol. The Kier molecular flexibility index (Phi) is 5.30. The molecule has 2 rings (SSSR count). The molecular formula is C16H22N2O2. The minimum Gasteiger partial charge on any atom is -0.312 e. The van der Waals surface area contributed by atoms with Crippen LogP contribution in [0, 0.1) is 5.92 Å². The summed E-state index contributed by atoms with van der Waals surface area (Å²) in [6.45, 7) is 4.77. The van der Waals surface area contributed by atoms with E-state index in [0.717, 1.165) is 37.9 Å². The minimum atomic E-state index is 0.128. The standard InChI is InChI=1S/C16H22N2O2/c1-2-18(15-6-4-3-5-7-15)16(20)12-17-10-8-14(13-19)9-11-17/h3-7,13-14H,2,8-12H2,1H3. The number of hydrogen-bond donors (Lipinski definition) is 0. The van der Waals surface area contributed by atoms with Gasteiger partial charge in [0.2, 0.25) is 5.91 Å². The number of hydrogen-bond acceptors (Lipinski definition) is 3. The number of amides is 1. The summed E-state index contributed by atoms with van der Waals surface area (Å²) in [5.74, 6) is 0.306. The summed E-state index contributed by atoms with van der Waals surface area (Å²) in [5.41, 5.74) is 0.947. The van der Waals surface area contributed by atoms with Gasteiger partial charge >= 0.3 is 0 Å². The van der Waals surface area contributed by atoms with Crippen molar-refractivity contribution in [2.24, 2.45) is 5.92 Å². The zero-order valence-electron chi connectivity index (χ0n) is 12.0. The summed E-state index contributed by atoms with van der Waals surface area (Å²) in [7, 11) is 0. The van der Waals surface area contributed by atoms with Crippen molar-refractivity contribution in [3.63, 3.8) is 0 Å². The number of anilines is 1. The molecule has 0 spiro atoms. The quantitative estimate of drug-likeness (QED) is 0.771. The third kappa shape index (κ3) is 3.67. The number of rotatable bonds is 5. The summed E-state index contributed by atoms with van der Waals surface area (Å²) in [6, 6.07) is 9.76. The molecular weight excluding hydrogens is 252 g/mol. The Labute approximate surface area is 120 Å². The monoisotopic (exact) mass is 274 g/mol. The highest BCUT2D eigenvalue weighted by molar-refractivity contribution is 5.94. The maximum Gasteiger partial charge on any atom is 0.241 e.